The van der Waals surface area contributed by atoms with Crippen LogP contribution in [0.25, 0.3) is 22.2 Å². The molecule has 142 valence electrons. The molecule has 3 rings (SSSR count). The lowest BCUT2D eigenvalue weighted by Crippen LogP contribution is -2.12. The van der Waals surface area contributed by atoms with Gasteiger partial charge in [0.15, 0.2) is 0 Å². The van der Waals surface area contributed by atoms with E-state index in [-0.39, 0.29) is 38.3 Å². The van der Waals surface area contributed by atoms with Crippen LogP contribution >= 0.6 is 23.2 Å². The summed E-state index contributed by atoms with van der Waals surface area (Å²) in [5.74, 6) is 0.548. The van der Waals surface area contributed by atoms with Gasteiger partial charge < -0.3 is 14.5 Å². The Morgan fingerprint density at radius 3 is 2.19 bits per heavy atom. The first kappa shape index (κ1) is 19.4. The first-order valence-corrected chi connectivity index (χ1v) is 10.0. The van der Waals surface area contributed by atoms with Gasteiger partial charge in [0.05, 0.1) is 29.8 Å². The minimum absolute atomic E-state index is 0.0706. The summed E-state index contributed by atoms with van der Waals surface area (Å²) in [5, 5.41) is 0.257. The fourth-order valence-corrected chi connectivity index (χ4v) is 3.67. The largest absolute Gasteiger partial charge is 0.495 e. The molecule has 0 unspecified atom stereocenters. The van der Waals surface area contributed by atoms with Crippen LogP contribution in [0.1, 0.15) is 0 Å². The van der Waals surface area contributed by atoms with Gasteiger partial charge in [0.1, 0.15) is 17.1 Å². The molecule has 0 amide bonds. The van der Waals surface area contributed by atoms with Gasteiger partial charge in [-0.3, -0.25) is 4.79 Å². The van der Waals surface area contributed by atoms with E-state index in [2.05, 4.69) is 15.0 Å². The third kappa shape index (κ3) is 3.45. The molecule has 3 aromatic rings. The number of benzene rings is 1. The molecule has 0 aliphatic heterocycles. The second-order valence-corrected chi connectivity index (χ2v) is 8.19. The summed E-state index contributed by atoms with van der Waals surface area (Å²) in [6.45, 7) is 0. The van der Waals surface area contributed by atoms with Crippen LogP contribution in [0.3, 0.4) is 0 Å². The average molecular weight is 430 g/mol. The molecule has 8 nitrogen and oxygen atoms in total. The van der Waals surface area contributed by atoms with Gasteiger partial charge >= 0.3 is 0 Å². The molecule has 0 atom stereocenters. The fraction of sp³-hybridized carbons (Fsp3) is 0.188. The van der Waals surface area contributed by atoms with E-state index in [1.54, 1.807) is 0 Å². The molecule has 0 fully saturated rings. The normalized spacial score (nSPS) is 11.6. The van der Waals surface area contributed by atoms with Gasteiger partial charge in [0, 0.05) is 29.5 Å². The van der Waals surface area contributed by atoms with Gasteiger partial charge in [-0.1, -0.05) is 23.2 Å². The fourth-order valence-electron chi connectivity index (χ4n) is 2.46. The summed E-state index contributed by atoms with van der Waals surface area (Å²) in [6, 6.07) is 2.97. The molecule has 0 aliphatic rings. The van der Waals surface area contributed by atoms with Crippen LogP contribution in [0, 0.1) is 0 Å². The maximum absolute atomic E-state index is 12.6. The lowest BCUT2D eigenvalue weighted by atomic mass is 10.0. The molecular weight excluding hydrogens is 417 g/mol. The molecule has 27 heavy (non-hydrogen) atoms. The third-order valence-corrected chi connectivity index (χ3v) is 5.36. The predicted molar refractivity (Wildman–Crippen MR) is 102 cm³/mol. The lowest BCUT2D eigenvalue weighted by molar-refractivity contribution is 0.395. The highest BCUT2D eigenvalue weighted by molar-refractivity contribution is 7.90. The summed E-state index contributed by atoms with van der Waals surface area (Å²) in [7, 11) is -0.780. The highest BCUT2D eigenvalue weighted by Crippen LogP contribution is 2.45. The van der Waals surface area contributed by atoms with Gasteiger partial charge in [-0.2, -0.15) is 0 Å². The number of H-pyrrole nitrogens is 1. The number of hydrogen-bond donors (Lipinski definition) is 1. The number of nitrogens with zero attached hydrogens (tertiary/aromatic N) is 2. The Balaban J connectivity index is 2.33. The van der Waals surface area contributed by atoms with Crippen molar-refractivity contribution in [3.05, 3.63) is 38.7 Å². The van der Waals surface area contributed by atoms with E-state index in [9.17, 15) is 13.2 Å². The molecule has 0 bridgehead atoms. The number of halogens is 2. The van der Waals surface area contributed by atoms with Crippen LogP contribution in [0.15, 0.2) is 28.3 Å². The molecule has 2 heterocycles. The summed E-state index contributed by atoms with van der Waals surface area (Å²) < 4.78 is 33.6. The number of sulfone groups is 1. The molecule has 2 aromatic heterocycles. The SMILES string of the molecule is COc1cc(OC)c(Cl)c(-c2cc3cnc(S(C)(=O)=O)nc3[nH]c2=O)c1Cl. The molecular formula is C16H13Cl2N3O5S. The number of aromatic nitrogens is 3. The zero-order chi connectivity index (χ0) is 19.9. The summed E-state index contributed by atoms with van der Waals surface area (Å²) >= 11 is 12.7. The Morgan fingerprint density at radius 1 is 1.07 bits per heavy atom. The Bertz CT molecular complexity index is 1200. The van der Waals surface area contributed by atoms with Crippen molar-refractivity contribution < 1.29 is 17.9 Å². The van der Waals surface area contributed by atoms with Crippen molar-refractivity contribution in [1.29, 1.82) is 0 Å². The quantitative estimate of drug-likeness (QED) is 0.634. The number of rotatable bonds is 4. The van der Waals surface area contributed by atoms with Crippen molar-refractivity contribution in [2.45, 2.75) is 5.16 Å². The van der Waals surface area contributed by atoms with Gasteiger partial charge in [0.25, 0.3) is 5.56 Å². The van der Waals surface area contributed by atoms with Crippen molar-refractivity contribution in [3.63, 3.8) is 0 Å². The number of aromatic amines is 1. The minimum Gasteiger partial charge on any atom is -0.495 e. The van der Waals surface area contributed by atoms with E-state index >= 15 is 0 Å². The van der Waals surface area contributed by atoms with Gasteiger partial charge in [-0.05, 0) is 6.07 Å². The van der Waals surface area contributed by atoms with E-state index in [0.29, 0.717) is 5.39 Å². The third-order valence-electron chi connectivity index (χ3n) is 3.75. The first-order chi connectivity index (χ1) is 12.7. The topological polar surface area (TPSA) is 111 Å². The molecule has 0 saturated heterocycles. The summed E-state index contributed by atoms with van der Waals surface area (Å²) in [6.07, 6.45) is 2.26. The van der Waals surface area contributed by atoms with E-state index in [1.165, 1.54) is 32.5 Å². The minimum atomic E-state index is -3.62. The Hall–Kier alpha value is -2.36. The number of nitrogens with one attached hydrogen (secondary N) is 1. The monoisotopic (exact) mass is 429 g/mol. The smallest absolute Gasteiger partial charge is 0.257 e. The number of pyridine rings is 1. The number of methoxy groups -OCH3 is 2. The van der Waals surface area contributed by atoms with E-state index in [4.69, 9.17) is 32.7 Å². The van der Waals surface area contributed by atoms with Crippen LogP contribution in [0.4, 0.5) is 0 Å². The average Bonchev–Trinajstić information content (AvgIpc) is 2.61. The van der Waals surface area contributed by atoms with Crippen LogP contribution in [-0.4, -0.2) is 43.8 Å². The maximum Gasteiger partial charge on any atom is 0.257 e. The van der Waals surface area contributed by atoms with Crippen LogP contribution < -0.4 is 15.0 Å². The molecule has 1 N–H and O–H groups in total. The van der Waals surface area contributed by atoms with Crippen molar-refractivity contribution in [2.24, 2.45) is 0 Å². The maximum atomic E-state index is 12.6. The second-order valence-electron chi connectivity index (χ2n) is 5.52. The zero-order valence-electron chi connectivity index (χ0n) is 14.3. The van der Waals surface area contributed by atoms with E-state index in [0.717, 1.165) is 6.26 Å². The highest BCUT2D eigenvalue weighted by Gasteiger charge is 2.22. The van der Waals surface area contributed by atoms with Crippen molar-refractivity contribution in [3.8, 4) is 22.6 Å². The van der Waals surface area contributed by atoms with Crippen LogP contribution in [0.2, 0.25) is 10.0 Å². The zero-order valence-corrected chi connectivity index (χ0v) is 16.7. The summed E-state index contributed by atoms with van der Waals surface area (Å²) in [5.41, 5.74) is -0.156. The number of hydrogen-bond acceptors (Lipinski definition) is 7. The van der Waals surface area contributed by atoms with E-state index < -0.39 is 20.6 Å². The van der Waals surface area contributed by atoms with Gasteiger partial charge in [0.2, 0.25) is 15.0 Å². The highest BCUT2D eigenvalue weighted by atomic mass is 35.5. The molecule has 0 radical (unpaired) electrons. The van der Waals surface area contributed by atoms with Crippen molar-refractivity contribution >= 4 is 44.1 Å². The molecule has 0 saturated carbocycles. The molecule has 0 aliphatic carbocycles. The first-order valence-electron chi connectivity index (χ1n) is 7.37. The number of ether oxygens (including phenoxy) is 2. The number of fused-ring (bicyclic) bond motifs is 1. The second kappa shape index (κ2) is 6.99. The Morgan fingerprint density at radius 2 is 1.67 bits per heavy atom. The standard InChI is InChI=1S/C16H13Cl2N3O5S/c1-25-9-5-10(26-2)13(18)11(12(9)17)8-4-7-6-19-16(27(3,23)24)21-14(7)20-15(8)22/h4-6H,1-3H3,(H,19,20,21,22). The van der Waals surface area contributed by atoms with Gasteiger partial charge in [-0.15, -0.1) is 0 Å². The molecule has 11 heteroatoms. The lowest BCUT2D eigenvalue weighted by Gasteiger charge is -2.14. The van der Waals surface area contributed by atoms with Crippen molar-refractivity contribution in [1.82, 2.24) is 15.0 Å². The summed E-state index contributed by atoms with van der Waals surface area (Å²) in [4.78, 5) is 22.9. The van der Waals surface area contributed by atoms with Crippen LogP contribution in [-0.2, 0) is 9.84 Å². The Labute approximate surface area is 164 Å². The van der Waals surface area contributed by atoms with E-state index in [1.807, 2.05) is 0 Å². The predicted octanol–water partition coefficient (Wildman–Crippen LogP) is 2.71. The molecule has 1 aromatic carbocycles. The molecule has 0 spiro atoms. The van der Waals surface area contributed by atoms with Gasteiger partial charge in [-0.25, -0.2) is 18.4 Å². The van der Waals surface area contributed by atoms with Crippen LogP contribution in [0.5, 0.6) is 11.5 Å². The van der Waals surface area contributed by atoms with Crippen molar-refractivity contribution in [2.75, 3.05) is 20.5 Å². The Kier molecular flexibility index (Phi) is 5.02.